The van der Waals surface area contributed by atoms with Gasteiger partial charge in [-0.1, -0.05) is 36.4 Å². The van der Waals surface area contributed by atoms with Crippen molar-refractivity contribution >= 4 is 22.6 Å². The van der Waals surface area contributed by atoms with E-state index in [2.05, 4.69) is 5.32 Å². The fourth-order valence-corrected chi connectivity index (χ4v) is 3.51. The van der Waals surface area contributed by atoms with Crippen LogP contribution < -0.4 is 14.8 Å². The highest BCUT2D eigenvalue weighted by atomic mass is 16.5. The molecule has 3 aromatic carbocycles. The maximum atomic E-state index is 12.9. The molecule has 0 radical (unpaired) electrons. The molecule has 0 aliphatic heterocycles. The second-order valence-corrected chi connectivity index (χ2v) is 7.34. The van der Waals surface area contributed by atoms with Gasteiger partial charge in [0.05, 0.1) is 18.1 Å². The summed E-state index contributed by atoms with van der Waals surface area (Å²) in [5.74, 6) is 1.83. The van der Waals surface area contributed by atoms with E-state index in [1.807, 2.05) is 85.1 Å². The summed E-state index contributed by atoms with van der Waals surface area (Å²) in [7, 11) is 1.61. The first-order valence-corrected chi connectivity index (χ1v) is 10.1. The van der Waals surface area contributed by atoms with Crippen LogP contribution in [0.1, 0.15) is 17.0 Å². The fraction of sp³-hybridized carbons (Fsp3) is 0.200. The Bertz CT molecular complexity index is 1230. The van der Waals surface area contributed by atoms with E-state index in [9.17, 15) is 4.79 Å². The van der Waals surface area contributed by atoms with E-state index in [-0.39, 0.29) is 19.1 Å². The summed E-state index contributed by atoms with van der Waals surface area (Å²) in [5, 5.41) is 3.02. The number of rotatable bonds is 7. The number of aromatic nitrogens is 2. The van der Waals surface area contributed by atoms with E-state index >= 15 is 0 Å². The number of hydrogen-bond acceptors (Lipinski definition) is 4. The molecule has 6 heteroatoms. The normalized spacial score (nSPS) is 10.8. The maximum absolute atomic E-state index is 12.9. The molecule has 4 aromatic rings. The Labute approximate surface area is 181 Å². The number of amides is 1. The summed E-state index contributed by atoms with van der Waals surface area (Å²) in [5.41, 5.74) is 4.72. The van der Waals surface area contributed by atoms with Crippen LogP contribution >= 0.6 is 0 Å². The average molecular weight is 415 g/mol. The molecule has 0 unspecified atom stereocenters. The minimum Gasteiger partial charge on any atom is -0.493 e. The number of nitrogens with one attached hydrogen (secondary N) is 1. The van der Waals surface area contributed by atoms with Crippen LogP contribution in [0, 0.1) is 13.8 Å². The first kappa shape index (κ1) is 20.5. The summed E-state index contributed by atoms with van der Waals surface area (Å²) < 4.78 is 13.2. The van der Waals surface area contributed by atoms with Gasteiger partial charge in [-0.2, -0.15) is 0 Å². The highest BCUT2D eigenvalue weighted by molar-refractivity contribution is 5.92. The van der Waals surface area contributed by atoms with E-state index in [0.717, 1.165) is 27.8 Å². The van der Waals surface area contributed by atoms with Crippen LogP contribution in [0.4, 0.5) is 5.69 Å². The van der Waals surface area contributed by atoms with Crippen molar-refractivity contribution in [3.05, 3.63) is 83.7 Å². The smallest absolute Gasteiger partial charge is 0.244 e. The van der Waals surface area contributed by atoms with Crippen molar-refractivity contribution in [2.75, 3.05) is 12.4 Å². The standard InChI is InChI=1S/C25H25N3O3/c1-17-9-8-11-19(18(17)2)27-25(29)15-28-21-12-5-4-10-20(21)26-24(28)16-31-23-14-7-6-13-22(23)30-3/h4-14H,15-16H2,1-3H3,(H,27,29). The van der Waals surface area contributed by atoms with Gasteiger partial charge in [0.2, 0.25) is 5.91 Å². The second kappa shape index (κ2) is 8.92. The topological polar surface area (TPSA) is 65.4 Å². The Balaban J connectivity index is 1.59. The molecule has 0 saturated carbocycles. The molecular weight excluding hydrogens is 390 g/mol. The van der Waals surface area contributed by atoms with E-state index in [0.29, 0.717) is 17.3 Å². The molecule has 1 aromatic heterocycles. The van der Waals surface area contributed by atoms with Crippen molar-refractivity contribution in [3.8, 4) is 11.5 Å². The minimum atomic E-state index is -0.115. The molecule has 6 nitrogen and oxygen atoms in total. The number of nitrogens with zero attached hydrogens (tertiary/aromatic N) is 2. The SMILES string of the molecule is COc1ccccc1OCc1nc2ccccc2n1CC(=O)Nc1cccc(C)c1C. The molecule has 1 amide bonds. The maximum Gasteiger partial charge on any atom is 0.244 e. The summed E-state index contributed by atoms with van der Waals surface area (Å²) in [6.07, 6.45) is 0. The number of para-hydroxylation sites is 4. The van der Waals surface area contributed by atoms with Crippen LogP contribution in [0.2, 0.25) is 0 Å². The molecule has 1 heterocycles. The minimum absolute atomic E-state index is 0.115. The zero-order valence-electron chi connectivity index (χ0n) is 17.9. The number of ether oxygens (including phenoxy) is 2. The molecule has 0 spiro atoms. The zero-order valence-corrected chi connectivity index (χ0v) is 17.9. The van der Waals surface area contributed by atoms with Crippen LogP contribution in [0.25, 0.3) is 11.0 Å². The molecule has 31 heavy (non-hydrogen) atoms. The van der Waals surface area contributed by atoms with Crippen molar-refractivity contribution in [2.45, 2.75) is 27.0 Å². The third-order valence-electron chi connectivity index (χ3n) is 5.34. The monoisotopic (exact) mass is 415 g/mol. The van der Waals surface area contributed by atoms with E-state index in [4.69, 9.17) is 14.5 Å². The number of hydrogen-bond donors (Lipinski definition) is 1. The highest BCUT2D eigenvalue weighted by Crippen LogP contribution is 2.27. The van der Waals surface area contributed by atoms with Crippen molar-refractivity contribution in [2.24, 2.45) is 0 Å². The van der Waals surface area contributed by atoms with Crippen molar-refractivity contribution < 1.29 is 14.3 Å². The molecule has 0 bridgehead atoms. The molecule has 1 N–H and O–H groups in total. The highest BCUT2D eigenvalue weighted by Gasteiger charge is 2.16. The summed E-state index contributed by atoms with van der Waals surface area (Å²) in [6.45, 7) is 4.38. The van der Waals surface area contributed by atoms with Gasteiger partial charge in [0, 0.05) is 5.69 Å². The Kier molecular flexibility index (Phi) is 5.89. The van der Waals surface area contributed by atoms with Crippen LogP contribution in [-0.2, 0) is 17.9 Å². The van der Waals surface area contributed by atoms with Gasteiger partial charge >= 0.3 is 0 Å². The lowest BCUT2D eigenvalue weighted by Crippen LogP contribution is -2.21. The van der Waals surface area contributed by atoms with Crippen molar-refractivity contribution in [3.63, 3.8) is 0 Å². The number of imidazole rings is 1. The number of fused-ring (bicyclic) bond motifs is 1. The molecule has 4 rings (SSSR count). The van der Waals surface area contributed by atoms with Crippen LogP contribution in [0.3, 0.4) is 0 Å². The largest absolute Gasteiger partial charge is 0.493 e. The average Bonchev–Trinajstić information content (AvgIpc) is 3.13. The van der Waals surface area contributed by atoms with Crippen LogP contribution in [0.15, 0.2) is 66.7 Å². The first-order valence-electron chi connectivity index (χ1n) is 10.1. The Morgan fingerprint density at radius 3 is 2.52 bits per heavy atom. The molecule has 0 atom stereocenters. The zero-order chi connectivity index (χ0) is 21.8. The van der Waals surface area contributed by atoms with E-state index < -0.39 is 0 Å². The number of carbonyl (C=O) groups is 1. The Morgan fingerprint density at radius 2 is 1.71 bits per heavy atom. The van der Waals surface area contributed by atoms with E-state index in [1.165, 1.54) is 0 Å². The molecule has 158 valence electrons. The van der Waals surface area contributed by atoms with Gasteiger partial charge in [-0.15, -0.1) is 0 Å². The van der Waals surface area contributed by atoms with Crippen molar-refractivity contribution in [1.29, 1.82) is 0 Å². The van der Waals surface area contributed by atoms with Gasteiger partial charge in [0.15, 0.2) is 11.5 Å². The van der Waals surface area contributed by atoms with E-state index in [1.54, 1.807) is 7.11 Å². The lowest BCUT2D eigenvalue weighted by Gasteiger charge is -2.14. The predicted molar refractivity (Wildman–Crippen MR) is 122 cm³/mol. The van der Waals surface area contributed by atoms with Gasteiger partial charge in [-0.25, -0.2) is 4.98 Å². The first-order chi connectivity index (χ1) is 15.1. The second-order valence-electron chi connectivity index (χ2n) is 7.34. The molecular formula is C25H25N3O3. The fourth-order valence-electron chi connectivity index (χ4n) is 3.51. The van der Waals surface area contributed by atoms with Gasteiger partial charge in [0.25, 0.3) is 0 Å². The van der Waals surface area contributed by atoms with Crippen LogP contribution in [0.5, 0.6) is 11.5 Å². The summed E-state index contributed by atoms with van der Waals surface area (Å²) >= 11 is 0. The third-order valence-corrected chi connectivity index (χ3v) is 5.34. The van der Waals surface area contributed by atoms with Gasteiger partial charge < -0.3 is 19.4 Å². The van der Waals surface area contributed by atoms with Gasteiger partial charge in [0.1, 0.15) is 19.0 Å². The number of carbonyl (C=O) groups excluding carboxylic acids is 1. The molecule has 0 fully saturated rings. The Morgan fingerprint density at radius 1 is 0.968 bits per heavy atom. The van der Waals surface area contributed by atoms with Gasteiger partial charge in [-0.3, -0.25) is 4.79 Å². The summed E-state index contributed by atoms with van der Waals surface area (Å²) in [4.78, 5) is 17.6. The molecule has 0 saturated heterocycles. The number of benzene rings is 3. The van der Waals surface area contributed by atoms with Gasteiger partial charge in [-0.05, 0) is 55.3 Å². The number of anilines is 1. The number of methoxy groups -OCH3 is 1. The lowest BCUT2D eigenvalue weighted by molar-refractivity contribution is -0.116. The van der Waals surface area contributed by atoms with Crippen molar-refractivity contribution in [1.82, 2.24) is 9.55 Å². The molecule has 0 aliphatic rings. The summed E-state index contributed by atoms with van der Waals surface area (Å²) in [6, 6.07) is 21.1. The quantitative estimate of drug-likeness (QED) is 0.467. The number of aryl methyl sites for hydroxylation is 1. The Hall–Kier alpha value is -3.80. The third kappa shape index (κ3) is 4.38. The molecule has 0 aliphatic carbocycles. The van der Waals surface area contributed by atoms with Crippen LogP contribution in [-0.4, -0.2) is 22.6 Å². The predicted octanol–water partition coefficient (Wildman–Crippen LogP) is 4.88. The lowest BCUT2D eigenvalue weighted by atomic mass is 10.1.